The maximum absolute atomic E-state index is 13.2. The highest BCUT2D eigenvalue weighted by Crippen LogP contribution is 2.14. The van der Waals surface area contributed by atoms with Gasteiger partial charge in [-0.25, -0.2) is 0 Å². The van der Waals surface area contributed by atoms with Crippen molar-refractivity contribution in [3.8, 4) is 0 Å². The van der Waals surface area contributed by atoms with Crippen molar-refractivity contribution in [3.05, 3.63) is 10.4 Å². The molecule has 0 unspecified atom stereocenters. The second kappa shape index (κ2) is 28.3. The summed E-state index contributed by atoms with van der Waals surface area (Å²) in [5.74, 6) is -1.73. The standard InChI is InChI=1S/C36H66N4O14/c1-33(2,3)52-30(42)11-16-49-26-36(27-50-17-12-31(43)53-34(4,5)6,28-51-18-13-32(44)54-35(7,8)9)39-29(41)10-15-45-20-22-47-24-25-48-23-21-46-19-14-38-40-37/h10-28H2,1-9H3,(H,39,41). The van der Waals surface area contributed by atoms with Gasteiger partial charge < -0.3 is 52.7 Å². The van der Waals surface area contributed by atoms with E-state index in [-0.39, 0.29) is 85.1 Å². The predicted octanol–water partition coefficient (Wildman–Crippen LogP) is 3.85. The largest absolute Gasteiger partial charge is 0.460 e. The monoisotopic (exact) mass is 778 g/mol. The molecule has 18 nitrogen and oxygen atoms in total. The average Bonchev–Trinajstić information content (AvgIpc) is 3.03. The van der Waals surface area contributed by atoms with E-state index >= 15 is 0 Å². The van der Waals surface area contributed by atoms with E-state index in [0.717, 1.165) is 0 Å². The highest BCUT2D eigenvalue weighted by molar-refractivity contribution is 5.77. The first-order valence-corrected chi connectivity index (χ1v) is 18.3. The smallest absolute Gasteiger partial charge is 0.308 e. The van der Waals surface area contributed by atoms with Gasteiger partial charge in [0.1, 0.15) is 22.3 Å². The number of nitrogens with zero attached hydrogens (tertiary/aromatic N) is 3. The van der Waals surface area contributed by atoms with Gasteiger partial charge in [0.2, 0.25) is 5.91 Å². The van der Waals surface area contributed by atoms with Crippen molar-refractivity contribution in [1.29, 1.82) is 0 Å². The Morgan fingerprint density at radius 3 is 1.13 bits per heavy atom. The molecule has 0 atom stereocenters. The Kier molecular flexibility index (Phi) is 26.7. The number of amides is 1. The molecule has 0 aliphatic rings. The van der Waals surface area contributed by atoms with Crippen LogP contribution in [-0.2, 0) is 66.5 Å². The van der Waals surface area contributed by atoms with Gasteiger partial charge in [0.05, 0.1) is 112 Å². The molecule has 0 fully saturated rings. The molecule has 0 aromatic rings. The molecular weight excluding hydrogens is 712 g/mol. The number of hydrogen-bond acceptors (Lipinski definition) is 15. The zero-order chi connectivity index (χ0) is 40.9. The summed E-state index contributed by atoms with van der Waals surface area (Å²) >= 11 is 0. The van der Waals surface area contributed by atoms with Gasteiger partial charge >= 0.3 is 17.9 Å². The summed E-state index contributed by atoms with van der Waals surface area (Å²) in [5, 5.41) is 6.31. The van der Waals surface area contributed by atoms with E-state index in [0.29, 0.717) is 39.6 Å². The van der Waals surface area contributed by atoms with Crippen molar-refractivity contribution in [1.82, 2.24) is 5.32 Å². The summed E-state index contributed by atoms with van der Waals surface area (Å²) in [6.45, 7) is 18.2. The maximum atomic E-state index is 13.2. The quantitative estimate of drug-likeness (QED) is 0.0264. The van der Waals surface area contributed by atoms with Crippen LogP contribution in [0.25, 0.3) is 10.4 Å². The Labute approximate surface area is 320 Å². The average molecular weight is 779 g/mol. The Bertz CT molecular complexity index is 1020. The van der Waals surface area contributed by atoms with Crippen molar-refractivity contribution in [3.63, 3.8) is 0 Å². The molecule has 0 saturated heterocycles. The lowest BCUT2D eigenvalue weighted by atomic mass is 10.0. The molecule has 1 amide bonds. The second-order valence-electron chi connectivity index (χ2n) is 15.1. The number of ether oxygens (including phenoxy) is 10. The molecule has 0 aromatic carbocycles. The summed E-state index contributed by atoms with van der Waals surface area (Å²) in [6.07, 6.45) is -0.108. The normalized spacial score (nSPS) is 12.2. The number of esters is 3. The first kappa shape index (κ1) is 50.9. The fourth-order valence-electron chi connectivity index (χ4n) is 4.12. The Morgan fingerprint density at radius 1 is 0.481 bits per heavy atom. The lowest BCUT2D eigenvalue weighted by Crippen LogP contribution is -2.59. The van der Waals surface area contributed by atoms with Crippen LogP contribution in [0.3, 0.4) is 0 Å². The fourth-order valence-corrected chi connectivity index (χ4v) is 4.12. The van der Waals surface area contributed by atoms with Gasteiger partial charge in [-0.2, -0.15) is 0 Å². The molecule has 0 spiro atoms. The van der Waals surface area contributed by atoms with Crippen molar-refractivity contribution in [2.45, 2.75) is 110 Å². The zero-order valence-electron chi connectivity index (χ0n) is 34.0. The first-order chi connectivity index (χ1) is 25.3. The molecule has 0 radical (unpaired) electrons. The van der Waals surface area contributed by atoms with Gasteiger partial charge in [-0.3, -0.25) is 19.2 Å². The molecule has 0 aliphatic heterocycles. The molecule has 54 heavy (non-hydrogen) atoms. The minimum absolute atomic E-state index is 0.0108. The van der Waals surface area contributed by atoms with E-state index < -0.39 is 46.2 Å². The topological polar surface area (TPSA) is 221 Å². The summed E-state index contributed by atoms with van der Waals surface area (Å²) in [7, 11) is 0. The van der Waals surface area contributed by atoms with Crippen LogP contribution in [0.15, 0.2) is 5.11 Å². The van der Waals surface area contributed by atoms with Gasteiger partial charge in [-0.05, 0) is 67.8 Å². The number of carbonyl (C=O) groups excluding carboxylic acids is 4. The van der Waals surface area contributed by atoms with E-state index in [1.165, 1.54) is 0 Å². The molecule has 0 aliphatic carbocycles. The van der Waals surface area contributed by atoms with E-state index in [4.69, 9.17) is 52.9 Å². The Hall–Kier alpha value is -3.09. The Balaban J connectivity index is 5.25. The van der Waals surface area contributed by atoms with Crippen LogP contribution >= 0.6 is 0 Å². The molecule has 18 heteroatoms. The molecule has 0 saturated carbocycles. The number of nitrogens with one attached hydrogen (secondary N) is 1. The molecular formula is C36H66N4O14. The highest BCUT2D eigenvalue weighted by atomic mass is 16.6. The number of carbonyl (C=O) groups is 4. The van der Waals surface area contributed by atoms with E-state index in [2.05, 4.69) is 15.3 Å². The third-order valence-corrected chi connectivity index (χ3v) is 6.14. The number of azide groups is 1. The van der Waals surface area contributed by atoms with E-state index in [1.54, 1.807) is 62.3 Å². The predicted molar refractivity (Wildman–Crippen MR) is 197 cm³/mol. The van der Waals surface area contributed by atoms with Crippen molar-refractivity contribution in [2.24, 2.45) is 5.11 Å². The number of hydrogen-bond donors (Lipinski definition) is 1. The van der Waals surface area contributed by atoms with Crippen LogP contribution in [0.4, 0.5) is 0 Å². The SMILES string of the molecule is CC(C)(C)OC(=O)CCOCC(COCCC(=O)OC(C)(C)C)(COCCC(=O)OC(C)(C)C)NC(=O)CCOCCOCCOCCOCCN=[N+]=[N-]. The van der Waals surface area contributed by atoms with Gasteiger partial charge in [0.25, 0.3) is 0 Å². The highest BCUT2D eigenvalue weighted by Gasteiger charge is 2.34. The third kappa shape index (κ3) is 33.5. The van der Waals surface area contributed by atoms with E-state index in [9.17, 15) is 19.2 Å². The minimum atomic E-state index is -1.27. The Morgan fingerprint density at radius 2 is 0.796 bits per heavy atom. The minimum Gasteiger partial charge on any atom is -0.460 e. The van der Waals surface area contributed by atoms with Crippen LogP contribution in [0.5, 0.6) is 0 Å². The van der Waals surface area contributed by atoms with Crippen LogP contribution in [0, 0.1) is 0 Å². The van der Waals surface area contributed by atoms with Crippen LogP contribution in [0.1, 0.15) is 88.0 Å². The third-order valence-electron chi connectivity index (χ3n) is 6.14. The second-order valence-corrected chi connectivity index (χ2v) is 15.1. The molecule has 0 heterocycles. The lowest BCUT2D eigenvalue weighted by molar-refractivity contribution is -0.157. The summed E-state index contributed by atoms with van der Waals surface area (Å²) < 4.78 is 55.4. The molecule has 0 aromatic heterocycles. The summed E-state index contributed by atoms with van der Waals surface area (Å²) in [5.41, 5.74) is 4.97. The summed E-state index contributed by atoms with van der Waals surface area (Å²) in [4.78, 5) is 52.7. The zero-order valence-corrected chi connectivity index (χ0v) is 34.0. The van der Waals surface area contributed by atoms with Gasteiger partial charge in [0, 0.05) is 17.9 Å². The van der Waals surface area contributed by atoms with Gasteiger partial charge in [0.15, 0.2) is 0 Å². The van der Waals surface area contributed by atoms with Crippen LogP contribution < -0.4 is 5.32 Å². The van der Waals surface area contributed by atoms with Crippen LogP contribution in [-0.4, -0.2) is 145 Å². The molecule has 1 N–H and O–H groups in total. The van der Waals surface area contributed by atoms with Crippen molar-refractivity contribution in [2.75, 3.05) is 99.0 Å². The van der Waals surface area contributed by atoms with Gasteiger partial charge in [-0.1, -0.05) is 5.11 Å². The summed E-state index contributed by atoms with van der Waals surface area (Å²) in [6, 6.07) is 0. The number of rotatable bonds is 31. The fraction of sp³-hybridized carbons (Fsp3) is 0.889. The molecule has 0 bridgehead atoms. The van der Waals surface area contributed by atoms with Gasteiger partial charge in [-0.15, -0.1) is 0 Å². The maximum Gasteiger partial charge on any atom is 0.308 e. The molecule has 314 valence electrons. The van der Waals surface area contributed by atoms with Crippen molar-refractivity contribution < 1.29 is 66.5 Å². The van der Waals surface area contributed by atoms with Crippen molar-refractivity contribution >= 4 is 23.8 Å². The van der Waals surface area contributed by atoms with Crippen LogP contribution in [0.2, 0.25) is 0 Å². The first-order valence-electron chi connectivity index (χ1n) is 18.3. The van der Waals surface area contributed by atoms with E-state index in [1.807, 2.05) is 0 Å². The lowest BCUT2D eigenvalue weighted by Gasteiger charge is -2.34. The molecule has 0 rings (SSSR count).